The van der Waals surface area contributed by atoms with E-state index >= 15 is 0 Å². The molecule has 0 saturated carbocycles. The number of anilines is 1. The molecule has 2 rings (SSSR count). The summed E-state index contributed by atoms with van der Waals surface area (Å²) in [5.74, 6) is 1.26. The highest BCUT2D eigenvalue weighted by Crippen LogP contribution is 2.33. The topological polar surface area (TPSA) is 32.3 Å². The zero-order valence-electron chi connectivity index (χ0n) is 10.3. The first kappa shape index (κ1) is 12.5. The van der Waals surface area contributed by atoms with E-state index in [2.05, 4.69) is 17.6 Å². The van der Waals surface area contributed by atoms with Crippen molar-refractivity contribution in [3.8, 4) is 0 Å². The molecule has 0 bridgehead atoms. The second-order valence-corrected chi connectivity index (χ2v) is 5.20. The molecule has 17 heavy (non-hydrogen) atoms. The van der Waals surface area contributed by atoms with Crippen LogP contribution in [0.4, 0.5) is 5.69 Å². The second kappa shape index (κ2) is 5.56. The van der Waals surface area contributed by atoms with Crippen molar-refractivity contribution >= 4 is 23.4 Å². The number of thioether (sulfide) groups is 1. The van der Waals surface area contributed by atoms with Crippen molar-refractivity contribution in [1.82, 2.24) is 5.32 Å². The van der Waals surface area contributed by atoms with Gasteiger partial charge in [-0.3, -0.25) is 4.79 Å². The molecule has 0 spiro atoms. The van der Waals surface area contributed by atoms with Gasteiger partial charge in [-0.15, -0.1) is 0 Å². The van der Waals surface area contributed by atoms with Gasteiger partial charge >= 0.3 is 0 Å². The molecule has 0 aromatic heterocycles. The van der Waals surface area contributed by atoms with E-state index in [0.717, 1.165) is 18.0 Å². The Morgan fingerprint density at radius 2 is 2.24 bits per heavy atom. The Bertz CT molecular complexity index is 408. The molecule has 1 amide bonds. The van der Waals surface area contributed by atoms with E-state index in [1.165, 1.54) is 5.56 Å². The van der Waals surface area contributed by atoms with Crippen LogP contribution in [-0.4, -0.2) is 31.5 Å². The number of carbonyl (C=O) groups is 1. The van der Waals surface area contributed by atoms with Gasteiger partial charge in [0.25, 0.3) is 0 Å². The molecule has 1 aromatic rings. The summed E-state index contributed by atoms with van der Waals surface area (Å²) in [6.45, 7) is 0.942. The van der Waals surface area contributed by atoms with Crippen LogP contribution in [0.3, 0.4) is 0 Å². The summed E-state index contributed by atoms with van der Waals surface area (Å²) in [4.78, 5) is 13.6. The van der Waals surface area contributed by atoms with E-state index in [-0.39, 0.29) is 11.9 Å². The molecule has 92 valence electrons. The highest BCUT2D eigenvalue weighted by atomic mass is 32.2. The summed E-state index contributed by atoms with van der Waals surface area (Å²) in [5, 5.41) is 3.46. The van der Waals surface area contributed by atoms with Gasteiger partial charge in [0, 0.05) is 37.5 Å². The molecule has 1 N–H and O–H groups in total. The number of rotatable bonds is 4. The van der Waals surface area contributed by atoms with E-state index in [0.29, 0.717) is 6.42 Å². The summed E-state index contributed by atoms with van der Waals surface area (Å²) in [6.07, 6.45) is 2.65. The monoisotopic (exact) mass is 250 g/mol. The highest BCUT2D eigenvalue weighted by Gasteiger charge is 2.28. The zero-order valence-corrected chi connectivity index (χ0v) is 11.1. The fraction of sp³-hybridized carbons (Fsp3) is 0.462. The lowest BCUT2D eigenvalue weighted by atomic mass is 9.96. The van der Waals surface area contributed by atoms with E-state index in [1.54, 1.807) is 4.90 Å². The summed E-state index contributed by atoms with van der Waals surface area (Å²) < 4.78 is 0. The third kappa shape index (κ3) is 2.64. The lowest BCUT2D eigenvalue weighted by Crippen LogP contribution is -2.38. The number of nitrogens with one attached hydrogen (secondary N) is 1. The number of nitrogens with zero attached hydrogens (tertiary/aromatic N) is 1. The van der Waals surface area contributed by atoms with E-state index in [9.17, 15) is 4.79 Å². The second-order valence-electron chi connectivity index (χ2n) is 4.22. The van der Waals surface area contributed by atoms with Gasteiger partial charge in [-0.05, 0) is 17.9 Å². The number of para-hydroxylation sites is 1. The van der Waals surface area contributed by atoms with E-state index < -0.39 is 0 Å². The molecule has 1 unspecified atom stereocenters. The quantitative estimate of drug-likeness (QED) is 0.830. The van der Waals surface area contributed by atoms with Crippen LogP contribution < -0.4 is 10.2 Å². The first-order chi connectivity index (χ1) is 8.24. The Hall–Kier alpha value is -1.00. The van der Waals surface area contributed by atoms with Gasteiger partial charge in [0.15, 0.2) is 0 Å². The van der Waals surface area contributed by atoms with Crippen molar-refractivity contribution in [2.75, 3.05) is 30.5 Å². The Morgan fingerprint density at radius 1 is 1.47 bits per heavy atom. The van der Waals surface area contributed by atoms with Crippen LogP contribution in [0.1, 0.15) is 18.0 Å². The molecule has 1 aliphatic heterocycles. The van der Waals surface area contributed by atoms with Crippen molar-refractivity contribution in [3.05, 3.63) is 29.8 Å². The first-order valence-electron chi connectivity index (χ1n) is 5.82. The van der Waals surface area contributed by atoms with Crippen LogP contribution in [0, 0.1) is 0 Å². The molecule has 0 saturated heterocycles. The normalized spacial score (nSPS) is 19.3. The predicted molar refractivity (Wildman–Crippen MR) is 73.6 cm³/mol. The van der Waals surface area contributed by atoms with Gasteiger partial charge in [0.05, 0.1) is 0 Å². The smallest absolute Gasteiger partial charge is 0.228 e. The maximum atomic E-state index is 11.9. The van der Waals surface area contributed by atoms with Gasteiger partial charge in [-0.2, -0.15) is 11.8 Å². The minimum absolute atomic E-state index is 0.169. The Labute approximate surface area is 107 Å². The van der Waals surface area contributed by atoms with Crippen molar-refractivity contribution in [2.24, 2.45) is 0 Å². The Balaban J connectivity index is 2.18. The van der Waals surface area contributed by atoms with Crippen LogP contribution in [0.2, 0.25) is 0 Å². The van der Waals surface area contributed by atoms with Crippen molar-refractivity contribution in [2.45, 2.75) is 12.5 Å². The molecule has 0 aliphatic carbocycles. The molecule has 4 heteroatoms. The molecule has 0 fully saturated rings. The molecule has 0 radical (unpaired) electrons. The third-order valence-electron chi connectivity index (χ3n) is 3.12. The standard InChI is InChI=1S/C13H18N2OS/c1-15-12-6-4-3-5-10(12)11(9-13(15)16)14-7-8-17-2/h3-6,11,14H,7-9H2,1-2H3. The molecule has 1 aromatic carbocycles. The minimum Gasteiger partial charge on any atom is -0.315 e. The van der Waals surface area contributed by atoms with Crippen LogP contribution in [0.25, 0.3) is 0 Å². The number of hydrogen-bond acceptors (Lipinski definition) is 3. The average Bonchev–Trinajstić information content (AvgIpc) is 2.36. The number of amides is 1. The lowest BCUT2D eigenvalue weighted by molar-refractivity contribution is -0.119. The van der Waals surface area contributed by atoms with Crippen LogP contribution >= 0.6 is 11.8 Å². The van der Waals surface area contributed by atoms with Crippen LogP contribution in [-0.2, 0) is 4.79 Å². The fourth-order valence-corrected chi connectivity index (χ4v) is 2.48. The first-order valence-corrected chi connectivity index (χ1v) is 7.21. The van der Waals surface area contributed by atoms with E-state index in [1.807, 2.05) is 37.0 Å². The van der Waals surface area contributed by atoms with Crippen molar-refractivity contribution in [3.63, 3.8) is 0 Å². The summed E-state index contributed by atoms with van der Waals surface area (Å²) in [5.41, 5.74) is 2.26. The molecule has 1 aliphatic rings. The number of benzene rings is 1. The molecule has 1 atom stereocenters. The van der Waals surface area contributed by atoms with Crippen LogP contribution in [0.5, 0.6) is 0 Å². The average molecular weight is 250 g/mol. The molecule has 3 nitrogen and oxygen atoms in total. The molecular formula is C13H18N2OS. The van der Waals surface area contributed by atoms with Gasteiger partial charge in [0.1, 0.15) is 0 Å². The molecule has 1 heterocycles. The maximum absolute atomic E-state index is 11.9. The Kier molecular flexibility index (Phi) is 4.07. The zero-order chi connectivity index (χ0) is 12.3. The van der Waals surface area contributed by atoms with Gasteiger partial charge in [-0.25, -0.2) is 0 Å². The predicted octanol–water partition coefficient (Wildman–Crippen LogP) is 2.05. The fourth-order valence-electron chi connectivity index (χ4n) is 2.16. The van der Waals surface area contributed by atoms with Gasteiger partial charge in [-0.1, -0.05) is 18.2 Å². The number of hydrogen-bond donors (Lipinski definition) is 1. The van der Waals surface area contributed by atoms with Crippen molar-refractivity contribution < 1.29 is 4.79 Å². The largest absolute Gasteiger partial charge is 0.315 e. The maximum Gasteiger partial charge on any atom is 0.228 e. The SMILES string of the molecule is CSCCNC1CC(=O)N(C)c2ccccc21. The van der Waals surface area contributed by atoms with Gasteiger partial charge < -0.3 is 10.2 Å². The van der Waals surface area contributed by atoms with Gasteiger partial charge in [0.2, 0.25) is 5.91 Å². The Morgan fingerprint density at radius 3 is 3.00 bits per heavy atom. The van der Waals surface area contributed by atoms with Crippen LogP contribution in [0.15, 0.2) is 24.3 Å². The number of fused-ring (bicyclic) bond motifs is 1. The minimum atomic E-state index is 0.169. The molecular weight excluding hydrogens is 232 g/mol. The summed E-state index contributed by atoms with van der Waals surface area (Å²) >= 11 is 1.82. The third-order valence-corrected chi connectivity index (χ3v) is 3.74. The number of carbonyl (C=O) groups excluding carboxylic acids is 1. The lowest BCUT2D eigenvalue weighted by Gasteiger charge is -2.32. The summed E-state index contributed by atoms with van der Waals surface area (Å²) in [6, 6.07) is 8.30. The van der Waals surface area contributed by atoms with E-state index in [4.69, 9.17) is 0 Å². The van der Waals surface area contributed by atoms with Crippen molar-refractivity contribution in [1.29, 1.82) is 0 Å². The summed E-state index contributed by atoms with van der Waals surface area (Å²) in [7, 11) is 1.85. The highest BCUT2D eigenvalue weighted by molar-refractivity contribution is 7.98.